The summed E-state index contributed by atoms with van der Waals surface area (Å²) in [5, 5.41) is 0. The van der Waals surface area contributed by atoms with Gasteiger partial charge in [0.15, 0.2) is 0 Å². The minimum absolute atomic E-state index is 0.182. The number of benzene rings is 1. The van der Waals surface area contributed by atoms with Crippen molar-refractivity contribution in [3.8, 4) is 0 Å². The number of halogens is 1. The van der Waals surface area contributed by atoms with Crippen LogP contribution >= 0.6 is 0 Å². The number of carbonyl (C=O) groups is 1. The van der Waals surface area contributed by atoms with Gasteiger partial charge in [0, 0.05) is 5.41 Å². The molecule has 0 saturated carbocycles. The summed E-state index contributed by atoms with van der Waals surface area (Å²) in [6, 6.07) is 4.90. The molecule has 0 saturated heterocycles. The molecule has 0 heterocycles. The molecule has 0 aliphatic heterocycles. The smallest absolute Gasteiger partial charge is 0.126 e. The molecule has 0 N–H and O–H groups in total. The van der Waals surface area contributed by atoms with Crippen LogP contribution in [0.25, 0.3) is 0 Å². The highest BCUT2D eigenvalue weighted by Gasteiger charge is 2.35. The van der Waals surface area contributed by atoms with Gasteiger partial charge in [-0.15, -0.1) is 0 Å². The molecule has 2 rings (SSSR count). The van der Waals surface area contributed by atoms with Crippen molar-refractivity contribution in [2.24, 2.45) is 5.41 Å². The maximum absolute atomic E-state index is 13.0. The molecule has 1 aliphatic carbocycles. The summed E-state index contributed by atoms with van der Waals surface area (Å²) in [7, 11) is 0. The molecule has 1 aromatic rings. The highest BCUT2D eigenvalue weighted by atomic mass is 19.1. The number of aryl methyl sites for hydroxylation is 1. The van der Waals surface area contributed by atoms with Crippen molar-refractivity contribution in [1.82, 2.24) is 0 Å². The van der Waals surface area contributed by atoms with Gasteiger partial charge in [-0.2, -0.15) is 0 Å². The zero-order chi connectivity index (χ0) is 11.1. The number of hydrogen-bond donors (Lipinski definition) is 0. The molecule has 15 heavy (non-hydrogen) atoms. The molecular weight excluding hydrogens is 191 g/mol. The zero-order valence-corrected chi connectivity index (χ0v) is 9.09. The molecular formula is C13H15FO. The first kappa shape index (κ1) is 10.3. The molecule has 1 nitrogen and oxygen atoms in total. The zero-order valence-electron chi connectivity index (χ0n) is 9.09. The van der Waals surface area contributed by atoms with Crippen molar-refractivity contribution in [2.75, 3.05) is 0 Å². The normalized spacial score (nSPS) is 20.1. The standard InChI is InChI=1S/C13H15FO/c1-13(2,8-15)12-6-3-9-7-10(14)4-5-11(9)12/h4-5,7-8,12H,3,6H2,1-2H3. The largest absolute Gasteiger partial charge is 0.303 e. The summed E-state index contributed by atoms with van der Waals surface area (Å²) in [5.74, 6) is 0.0592. The van der Waals surface area contributed by atoms with E-state index < -0.39 is 0 Å². The lowest BCUT2D eigenvalue weighted by Crippen LogP contribution is -2.21. The van der Waals surface area contributed by atoms with Gasteiger partial charge in [-0.25, -0.2) is 4.39 Å². The van der Waals surface area contributed by atoms with E-state index in [2.05, 4.69) is 0 Å². The fourth-order valence-electron chi connectivity index (χ4n) is 2.44. The van der Waals surface area contributed by atoms with Gasteiger partial charge in [-0.1, -0.05) is 19.9 Å². The predicted molar refractivity (Wildman–Crippen MR) is 57.3 cm³/mol. The van der Waals surface area contributed by atoms with E-state index in [1.54, 1.807) is 6.07 Å². The van der Waals surface area contributed by atoms with E-state index in [4.69, 9.17) is 0 Å². The first-order chi connectivity index (χ1) is 7.04. The van der Waals surface area contributed by atoms with Crippen LogP contribution in [0.3, 0.4) is 0 Å². The maximum atomic E-state index is 13.0. The Morgan fingerprint density at radius 2 is 2.20 bits per heavy atom. The third kappa shape index (κ3) is 1.69. The van der Waals surface area contributed by atoms with Crippen LogP contribution < -0.4 is 0 Å². The topological polar surface area (TPSA) is 17.1 Å². The Labute approximate surface area is 89.3 Å². The molecule has 1 aromatic carbocycles. The molecule has 1 aliphatic rings. The first-order valence-electron chi connectivity index (χ1n) is 5.29. The average molecular weight is 206 g/mol. The van der Waals surface area contributed by atoms with Crippen molar-refractivity contribution in [3.05, 3.63) is 35.1 Å². The minimum atomic E-state index is -0.344. The lowest BCUT2D eigenvalue weighted by atomic mass is 9.77. The molecule has 0 aromatic heterocycles. The van der Waals surface area contributed by atoms with Gasteiger partial charge in [0.25, 0.3) is 0 Å². The predicted octanol–water partition coefficient (Wildman–Crippen LogP) is 3.08. The van der Waals surface area contributed by atoms with E-state index in [9.17, 15) is 9.18 Å². The number of rotatable bonds is 2. The van der Waals surface area contributed by atoms with Crippen LogP contribution in [-0.4, -0.2) is 6.29 Å². The van der Waals surface area contributed by atoms with Crippen LogP contribution in [-0.2, 0) is 11.2 Å². The molecule has 0 bridgehead atoms. The van der Waals surface area contributed by atoms with Crippen LogP contribution in [0.5, 0.6) is 0 Å². The van der Waals surface area contributed by atoms with Crippen molar-refractivity contribution in [2.45, 2.75) is 32.6 Å². The second kappa shape index (κ2) is 3.44. The van der Waals surface area contributed by atoms with Gasteiger partial charge in [0.2, 0.25) is 0 Å². The Morgan fingerprint density at radius 3 is 2.87 bits per heavy atom. The van der Waals surface area contributed by atoms with E-state index in [1.165, 1.54) is 6.07 Å². The molecule has 0 radical (unpaired) electrons. The third-order valence-corrected chi connectivity index (χ3v) is 3.38. The first-order valence-corrected chi connectivity index (χ1v) is 5.29. The molecule has 0 amide bonds. The molecule has 1 atom stereocenters. The number of fused-ring (bicyclic) bond motifs is 1. The monoisotopic (exact) mass is 206 g/mol. The molecule has 1 unspecified atom stereocenters. The van der Waals surface area contributed by atoms with Crippen LogP contribution in [0, 0.1) is 11.2 Å². The number of carbonyl (C=O) groups excluding carboxylic acids is 1. The van der Waals surface area contributed by atoms with E-state index >= 15 is 0 Å². The van der Waals surface area contributed by atoms with Crippen molar-refractivity contribution in [1.29, 1.82) is 0 Å². The summed E-state index contributed by atoms with van der Waals surface area (Å²) in [5.41, 5.74) is 1.87. The SMILES string of the molecule is CC(C)(C=O)C1CCc2cc(F)ccc21. The Morgan fingerprint density at radius 1 is 1.47 bits per heavy atom. The number of hydrogen-bond acceptors (Lipinski definition) is 1. The quantitative estimate of drug-likeness (QED) is 0.679. The summed E-state index contributed by atoms with van der Waals surface area (Å²) in [6.45, 7) is 3.90. The fourth-order valence-corrected chi connectivity index (χ4v) is 2.44. The van der Waals surface area contributed by atoms with E-state index in [-0.39, 0.29) is 17.2 Å². The van der Waals surface area contributed by atoms with Crippen molar-refractivity contribution >= 4 is 6.29 Å². The average Bonchev–Trinajstić information content (AvgIpc) is 2.61. The van der Waals surface area contributed by atoms with Crippen LogP contribution in [0.2, 0.25) is 0 Å². The highest BCUT2D eigenvalue weighted by molar-refractivity contribution is 5.61. The lowest BCUT2D eigenvalue weighted by Gasteiger charge is -2.26. The summed E-state index contributed by atoms with van der Waals surface area (Å²) in [6.07, 6.45) is 2.84. The molecule has 2 heteroatoms. The minimum Gasteiger partial charge on any atom is -0.303 e. The lowest BCUT2D eigenvalue weighted by molar-refractivity contribution is -0.115. The Hall–Kier alpha value is -1.18. The number of aldehydes is 1. The van der Waals surface area contributed by atoms with Gasteiger partial charge >= 0.3 is 0 Å². The van der Waals surface area contributed by atoms with Crippen LogP contribution in [0.1, 0.15) is 37.3 Å². The maximum Gasteiger partial charge on any atom is 0.126 e. The Balaban J connectivity index is 2.41. The Kier molecular flexibility index (Phi) is 2.37. The Bertz CT molecular complexity index is 396. The highest BCUT2D eigenvalue weighted by Crippen LogP contribution is 2.43. The van der Waals surface area contributed by atoms with Crippen molar-refractivity contribution in [3.63, 3.8) is 0 Å². The summed E-state index contributed by atoms with van der Waals surface area (Å²) >= 11 is 0. The van der Waals surface area contributed by atoms with E-state index in [1.807, 2.05) is 19.9 Å². The van der Waals surface area contributed by atoms with E-state index in [0.29, 0.717) is 0 Å². The summed E-state index contributed by atoms with van der Waals surface area (Å²) in [4.78, 5) is 11.0. The molecule has 0 spiro atoms. The van der Waals surface area contributed by atoms with Crippen LogP contribution in [0.15, 0.2) is 18.2 Å². The molecule has 0 fully saturated rings. The van der Waals surface area contributed by atoms with Gasteiger partial charge in [0.05, 0.1) is 0 Å². The third-order valence-electron chi connectivity index (χ3n) is 3.38. The second-order valence-electron chi connectivity index (χ2n) is 4.87. The van der Waals surface area contributed by atoms with Gasteiger partial charge in [-0.3, -0.25) is 0 Å². The second-order valence-corrected chi connectivity index (χ2v) is 4.87. The van der Waals surface area contributed by atoms with Gasteiger partial charge < -0.3 is 4.79 Å². The van der Waals surface area contributed by atoms with Gasteiger partial charge in [0.1, 0.15) is 12.1 Å². The van der Waals surface area contributed by atoms with Crippen LogP contribution in [0.4, 0.5) is 4.39 Å². The fraction of sp³-hybridized carbons (Fsp3) is 0.462. The summed E-state index contributed by atoms with van der Waals surface area (Å²) < 4.78 is 13.0. The van der Waals surface area contributed by atoms with Crippen molar-refractivity contribution < 1.29 is 9.18 Å². The van der Waals surface area contributed by atoms with E-state index in [0.717, 1.165) is 30.3 Å². The molecule has 80 valence electrons. The van der Waals surface area contributed by atoms with Gasteiger partial charge in [-0.05, 0) is 42.0 Å².